The van der Waals surface area contributed by atoms with Gasteiger partial charge >= 0.3 is 5.97 Å². The molecule has 0 aromatic heterocycles. The van der Waals surface area contributed by atoms with Crippen molar-refractivity contribution in [3.05, 3.63) is 48.6 Å². The molecule has 0 saturated heterocycles. The van der Waals surface area contributed by atoms with Gasteiger partial charge in [0.2, 0.25) is 0 Å². The van der Waals surface area contributed by atoms with Crippen LogP contribution in [0.3, 0.4) is 0 Å². The van der Waals surface area contributed by atoms with Crippen molar-refractivity contribution in [2.75, 3.05) is 12.8 Å². The Bertz CT molecular complexity index is 523. The third-order valence-corrected chi connectivity index (χ3v) is 3.35. The van der Waals surface area contributed by atoms with Gasteiger partial charge in [0.05, 0.1) is 0 Å². The van der Waals surface area contributed by atoms with E-state index in [0.29, 0.717) is 6.54 Å². The Morgan fingerprint density at radius 3 is 2.62 bits per heavy atom. The van der Waals surface area contributed by atoms with Crippen LogP contribution in [0.2, 0.25) is 0 Å². The van der Waals surface area contributed by atoms with Gasteiger partial charge in [-0.15, -0.1) is 18.3 Å². The highest BCUT2D eigenvalue weighted by Gasteiger charge is 2.15. The molecule has 1 atom stereocenters. The monoisotopic (exact) mass is 305 g/mol. The highest BCUT2D eigenvalue weighted by molar-refractivity contribution is 7.98. The summed E-state index contributed by atoms with van der Waals surface area (Å²) in [4.78, 5) is 24.3. The molecule has 4 nitrogen and oxygen atoms in total. The summed E-state index contributed by atoms with van der Waals surface area (Å²) in [7, 11) is 0. The van der Waals surface area contributed by atoms with Gasteiger partial charge in [-0.05, 0) is 37.0 Å². The number of ether oxygens (including phenoxy) is 1. The summed E-state index contributed by atoms with van der Waals surface area (Å²) < 4.78 is 5.00. The minimum atomic E-state index is -0.832. The molecule has 0 bridgehead atoms. The van der Waals surface area contributed by atoms with Crippen LogP contribution in [0.4, 0.5) is 0 Å². The predicted molar refractivity (Wildman–Crippen MR) is 86.0 cm³/mol. The predicted octanol–water partition coefficient (Wildman–Crippen LogP) is 2.66. The topological polar surface area (TPSA) is 55.4 Å². The summed E-state index contributed by atoms with van der Waals surface area (Å²) in [6.07, 6.45) is 5.69. The third kappa shape index (κ3) is 6.31. The fourth-order valence-electron chi connectivity index (χ4n) is 1.46. The fraction of sp³-hybridized carbons (Fsp3) is 0.250. The summed E-state index contributed by atoms with van der Waals surface area (Å²) in [5.41, 5.74) is 0.897. The molecule has 0 aliphatic heterocycles. The summed E-state index contributed by atoms with van der Waals surface area (Å²) >= 11 is 1.65. The van der Waals surface area contributed by atoms with Crippen molar-refractivity contribution in [3.63, 3.8) is 0 Å². The number of thioether (sulfide) groups is 1. The lowest BCUT2D eigenvalue weighted by atomic mass is 10.2. The van der Waals surface area contributed by atoms with Crippen LogP contribution in [0.15, 0.2) is 47.9 Å². The summed E-state index contributed by atoms with van der Waals surface area (Å²) in [5, 5.41) is 2.56. The van der Waals surface area contributed by atoms with Crippen molar-refractivity contribution < 1.29 is 14.3 Å². The van der Waals surface area contributed by atoms with Crippen LogP contribution in [-0.2, 0) is 14.3 Å². The van der Waals surface area contributed by atoms with Crippen LogP contribution in [0, 0.1) is 0 Å². The van der Waals surface area contributed by atoms with E-state index in [2.05, 4.69) is 11.9 Å². The second kappa shape index (κ2) is 9.02. The molecule has 0 saturated carbocycles. The number of hydrogen-bond acceptors (Lipinski definition) is 4. The van der Waals surface area contributed by atoms with Crippen LogP contribution >= 0.6 is 11.8 Å². The van der Waals surface area contributed by atoms with Crippen LogP contribution in [-0.4, -0.2) is 30.8 Å². The van der Waals surface area contributed by atoms with Gasteiger partial charge in [0.15, 0.2) is 6.10 Å². The number of nitrogens with one attached hydrogen (secondary N) is 1. The Morgan fingerprint density at radius 2 is 2.05 bits per heavy atom. The lowest BCUT2D eigenvalue weighted by molar-refractivity contribution is -0.150. The van der Waals surface area contributed by atoms with E-state index < -0.39 is 12.1 Å². The zero-order valence-corrected chi connectivity index (χ0v) is 13.0. The first-order valence-electron chi connectivity index (χ1n) is 6.48. The quantitative estimate of drug-likeness (QED) is 0.364. The van der Waals surface area contributed by atoms with Crippen molar-refractivity contribution in [3.8, 4) is 0 Å². The lowest BCUT2D eigenvalue weighted by Crippen LogP contribution is -2.35. The molecule has 5 heteroatoms. The molecular weight excluding hydrogens is 286 g/mol. The largest absolute Gasteiger partial charge is 0.449 e. The maximum Gasteiger partial charge on any atom is 0.331 e. The average molecular weight is 305 g/mol. The van der Waals surface area contributed by atoms with Gasteiger partial charge in [0.1, 0.15) is 0 Å². The minimum absolute atomic E-state index is 0.346. The van der Waals surface area contributed by atoms with Crippen LogP contribution in [0.25, 0.3) is 6.08 Å². The molecule has 0 heterocycles. The summed E-state index contributed by atoms with van der Waals surface area (Å²) in [6, 6.07) is 7.77. The van der Waals surface area contributed by atoms with Gasteiger partial charge < -0.3 is 10.1 Å². The van der Waals surface area contributed by atoms with E-state index in [9.17, 15) is 9.59 Å². The maximum atomic E-state index is 11.6. The molecular formula is C16H19NO3S. The molecule has 1 N–H and O–H groups in total. The average Bonchev–Trinajstić information content (AvgIpc) is 2.50. The van der Waals surface area contributed by atoms with Crippen LogP contribution < -0.4 is 5.32 Å². The summed E-state index contributed by atoms with van der Waals surface area (Å²) in [6.45, 7) is 5.36. The van der Waals surface area contributed by atoms with E-state index in [4.69, 9.17) is 4.74 Å². The van der Waals surface area contributed by atoms with Gasteiger partial charge in [-0.1, -0.05) is 18.2 Å². The lowest BCUT2D eigenvalue weighted by Gasteiger charge is -2.11. The molecule has 1 rings (SSSR count). The Hall–Kier alpha value is -2.01. The highest BCUT2D eigenvalue weighted by atomic mass is 32.2. The minimum Gasteiger partial charge on any atom is -0.449 e. The molecule has 0 radical (unpaired) electrons. The molecule has 0 spiro atoms. The molecule has 1 amide bonds. The number of hydrogen-bond donors (Lipinski definition) is 1. The Kier molecular flexibility index (Phi) is 7.32. The smallest absolute Gasteiger partial charge is 0.331 e. The maximum absolute atomic E-state index is 11.6. The van der Waals surface area contributed by atoms with E-state index in [0.717, 1.165) is 10.5 Å². The van der Waals surface area contributed by atoms with Gasteiger partial charge in [-0.3, -0.25) is 4.79 Å². The number of carbonyl (C=O) groups is 2. The SMILES string of the molecule is C=CCNC(=O)[C@@H](C)OC(=O)/C=C/c1ccc(SC)cc1. The van der Waals surface area contributed by atoms with Gasteiger partial charge in [0.25, 0.3) is 5.91 Å². The Labute approximate surface area is 129 Å². The van der Waals surface area contributed by atoms with Crippen molar-refractivity contribution in [2.24, 2.45) is 0 Å². The van der Waals surface area contributed by atoms with E-state index in [-0.39, 0.29) is 5.91 Å². The van der Waals surface area contributed by atoms with E-state index >= 15 is 0 Å². The zero-order chi connectivity index (χ0) is 15.7. The Morgan fingerprint density at radius 1 is 1.38 bits per heavy atom. The number of benzene rings is 1. The van der Waals surface area contributed by atoms with Gasteiger partial charge in [0, 0.05) is 17.5 Å². The first-order chi connectivity index (χ1) is 10.1. The second-order valence-corrected chi connectivity index (χ2v) is 5.10. The molecule has 1 aromatic carbocycles. The normalized spacial score (nSPS) is 11.9. The van der Waals surface area contributed by atoms with E-state index in [1.807, 2.05) is 30.5 Å². The molecule has 21 heavy (non-hydrogen) atoms. The van der Waals surface area contributed by atoms with Crippen LogP contribution in [0.5, 0.6) is 0 Å². The highest BCUT2D eigenvalue weighted by Crippen LogP contribution is 2.15. The standard InChI is InChI=1S/C16H19NO3S/c1-4-11-17-16(19)12(2)20-15(18)10-7-13-5-8-14(21-3)9-6-13/h4-10,12H,1,11H2,2-3H3,(H,17,19)/b10-7+/t12-/m1/s1. The molecule has 0 aliphatic rings. The third-order valence-electron chi connectivity index (χ3n) is 2.61. The molecule has 0 unspecified atom stereocenters. The number of amides is 1. The number of rotatable bonds is 7. The van der Waals surface area contributed by atoms with Crippen molar-refractivity contribution >= 4 is 29.7 Å². The van der Waals surface area contributed by atoms with E-state index in [1.54, 1.807) is 23.9 Å². The van der Waals surface area contributed by atoms with Crippen molar-refractivity contribution in [1.82, 2.24) is 5.32 Å². The molecule has 1 aromatic rings. The van der Waals surface area contributed by atoms with Gasteiger partial charge in [-0.25, -0.2) is 4.79 Å². The Balaban J connectivity index is 2.49. The number of carbonyl (C=O) groups excluding carboxylic acids is 2. The molecule has 112 valence electrons. The number of esters is 1. The second-order valence-electron chi connectivity index (χ2n) is 4.22. The molecule has 0 aliphatic carbocycles. The zero-order valence-electron chi connectivity index (χ0n) is 12.2. The molecule has 0 fully saturated rings. The van der Waals surface area contributed by atoms with Crippen molar-refractivity contribution in [2.45, 2.75) is 17.9 Å². The van der Waals surface area contributed by atoms with Crippen LogP contribution in [0.1, 0.15) is 12.5 Å². The van der Waals surface area contributed by atoms with Crippen molar-refractivity contribution in [1.29, 1.82) is 0 Å². The summed E-state index contributed by atoms with van der Waals surface area (Å²) in [5.74, 6) is -0.897. The fourth-order valence-corrected chi connectivity index (χ4v) is 1.87. The van der Waals surface area contributed by atoms with E-state index in [1.165, 1.54) is 13.0 Å². The first kappa shape index (κ1) is 17.0. The first-order valence-corrected chi connectivity index (χ1v) is 7.70. The van der Waals surface area contributed by atoms with Gasteiger partial charge in [-0.2, -0.15) is 0 Å².